The average molecular weight is 367 g/mol. The van der Waals surface area contributed by atoms with Crippen LogP contribution in [0.3, 0.4) is 0 Å². The number of halogens is 1. The Morgan fingerprint density at radius 3 is 2.64 bits per heavy atom. The first-order valence-electron chi connectivity index (χ1n) is 8.24. The first-order chi connectivity index (χ1) is 10.5. The number of amides is 1. The number of carbonyl (C=O) groups is 1. The van der Waals surface area contributed by atoms with Crippen LogP contribution < -0.4 is 5.73 Å². The fourth-order valence-electron chi connectivity index (χ4n) is 3.17. The summed E-state index contributed by atoms with van der Waals surface area (Å²) in [6.45, 7) is 6.00. The molecule has 22 heavy (non-hydrogen) atoms. The largest absolute Gasteiger partial charge is 0.342 e. The molecule has 1 aromatic rings. The van der Waals surface area contributed by atoms with Gasteiger partial charge in [0.15, 0.2) is 0 Å². The molecule has 0 bridgehead atoms. The minimum Gasteiger partial charge on any atom is -0.342 e. The highest BCUT2D eigenvalue weighted by Gasteiger charge is 2.28. The van der Waals surface area contributed by atoms with Gasteiger partial charge in [-0.25, -0.2) is 0 Å². The lowest BCUT2D eigenvalue weighted by Gasteiger charge is -2.33. The van der Waals surface area contributed by atoms with Gasteiger partial charge in [-0.2, -0.15) is 0 Å². The van der Waals surface area contributed by atoms with Crippen molar-refractivity contribution < 1.29 is 4.79 Å². The maximum absolute atomic E-state index is 12.9. The Morgan fingerprint density at radius 1 is 1.36 bits per heavy atom. The zero-order valence-electron chi connectivity index (χ0n) is 13.6. The number of rotatable bonds is 5. The molecule has 1 amide bonds. The number of nitrogens with two attached hydrogens (primary N) is 1. The van der Waals surface area contributed by atoms with E-state index in [9.17, 15) is 4.79 Å². The molecule has 0 saturated carbocycles. The van der Waals surface area contributed by atoms with Crippen molar-refractivity contribution in [1.82, 2.24) is 4.90 Å². The van der Waals surface area contributed by atoms with Gasteiger partial charge >= 0.3 is 0 Å². The van der Waals surface area contributed by atoms with Gasteiger partial charge in [-0.05, 0) is 49.3 Å². The number of piperidine rings is 1. The molecule has 1 aliphatic rings. The van der Waals surface area contributed by atoms with Gasteiger partial charge < -0.3 is 10.6 Å². The highest BCUT2D eigenvalue weighted by atomic mass is 79.9. The topological polar surface area (TPSA) is 46.3 Å². The third-order valence-corrected chi connectivity index (χ3v) is 4.82. The van der Waals surface area contributed by atoms with Crippen LogP contribution in [0.4, 0.5) is 0 Å². The summed E-state index contributed by atoms with van der Waals surface area (Å²) in [7, 11) is 0. The zero-order valence-corrected chi connectivity index (χ0v) is 15.2. The molecular weight excluding hydrogens is 340 g/mol. The first kappa shape index (κ1) is 17.5. The van der Waals surface area contributed by atoms with Crippen molar-refractivity contribution in [2.24, 2.45) is 17.6 Å². The summed E-state index contributed by atoms with van der Waals surface area (Å²) in [6.07, 6.45) is 3.61. The number of likely N-dealkylation sites (tertiary alicyclic amines) is 1. The van der Waals surface area contributed by atoms with E-state index in [1.54, 1.807) is 0 Å². The molecule has 1 atom stereocenters. The molecule has 122 valence electrons. The summed E-state index contributed by atoms with van der Waals surface area (Å²) in [4.78, 5) is 14.9. The molecule has 1 heterocycles. The molecule has 1 fully saturated rings. The number of nitrogens with zero attached hydrogens (tertiary/aromatic N) is 1. The van der Waals surface area contributed by atoms with E-state index in [4.69, 9.17) is 5.73 Å². The molecule has 0 aliphatic carbocycles. The molecule has 1 unspecified atom stereocenters. The summed E-state index contributed by atoms with van der Waals surface area (Å²) in [5.41, 5.74) is 7.18. The van der Waals surface area contributed by atoms with E-state index in [2.05, 4.69) is 41.9 Å². The third kappa shape index (κ3) is 5.10. The van der Waals surface area contributed by atoms with Crippen LogP contribution in [0, 0.1) is 11.8 Å². The molecule has 2 N–H and O–H groups in total. The number of hydrogen-bond donors (Lipinski definition) is 1. The summed E-state index contributed by atoms with van der Waals surface area (Å²) in [5.74, 6) is 0.900. The lowest BCUT2D eigenvalue weighted by molar-refractivity contribution is -0.137. The Labute approximate surface area is 142 Å². The predicted molar refractivity (Wildman–Crippen MR) is 94.6 cm³/mol. The Hall–Kier alpha value is -0.870. The van der Waals surface area contributed by atoms with Gasteiger partial charge in [0.25, 0.3) is 0 Å². The van der Waals surface area contributed by atoms with E-state index in [-0.39, 0.29) is 12.0 Å². The van der Waals surface area contributed by atoms with Crippen LogP contribution in [0.5, 0.6) is 0 Å². The highest BCUT2D eigenvalue weighted by Crippen LogP contribution is 2.23. The fourth-order valence-corrected chi connectivity index (χ4v) is 3.61. The van der Waals surface area contributed by atoms with Crippen LogP contribution in [0.15, 0.2) is 28.7 Å². The summed E-state index contributed by atoms with van der Waals surface area (Å²) >= 11 is 3.51. The van der Waals surface area contributed by atoms with E-state index in [0.29, 0.717) is 11.8 Å². The third-order valence-electron chi connectivity index (χ3n) is 4.33. The quantitative estimate of drug-likeness (QED) is 0.864. The SMILES string of the molecule is CC(C)CC(Cc1cccc(Br)c1)C(=O)N1CCC(N)CC1. The average Bonchev–Trinajstić information content (AvgIpc) is 2.46. The van der Waals surface area contributed by atoms with Gasteiger partial charge in [0.05, 0.1) is 0 Å². The van der Waals surface area contributed by atoms with E-state index in [1.165, 1.54) is 5.56 Å². The van der Waals surface area contributed by atoms with E-state index < -0.39 is 0 Å². The van der Waals surface area contributed by atoms with Crippen molar-refractivity contribution >= 4 is 21.8 Å². The minimum atomic E-state index is 0.0728. The number of hydrogen-bond acceptors (Lipinski definition) is 2. The van der Waals surface area contributed by atoms with Crippen LogP contribution in [-0.2, 0) is 11.2 Å². The van der Waals surface area contributed by atoms with Crippen molar-refractivity contribution in [3.05, 3.63) is 34.3 Å². The smallest absolute Gasteiger partial charge is 0.226 e. The maximum Gasteiger partial charge on any atom is 0.226 e. The summed E-state index contributed by atoms with van der Waals surface area (Å²) < 4.78 is 1.07. The minimum absolute atomic E-state index is 0.0728. The van der Waals surface area contributed by atoms with Gasteiger partial charge in [-0.3, -0.25) is 4.79 Å². The highest BCUT2D eigenvalue weighted by molar-refractivity contribution is 9.10. The molecule has 1 aliphatic heterocycles. The number of benzene rings is 1. The van der Waals surface area contributed by atoms with Crippen molar-refractivity contribution in [2.75, 3.05) is 13.1 Å². The molecule has 1 aromatic carbocycles. The molecular formula is C18H27BrN2O. The lowest BCUT2D eigenvalue weighted by atomic mass is 9.89. The van der Waals surface area contributed by atoms with Crippen molar-refractivity contribution in [3.63, 3.8) is 0 Å². The van der Waals surface area contributed by atoms with Crippen molar-refractivity contribution in [3.8, 4) is 0 Å². The van der Waals surface area contributed by atoms with Crippen LogP contribution in [0.25, 0.3) is 0 Å². The van der Waals surface area contributed by atoms with Crippen LogP contribution >= 0.6 is 15.9 Å². The molecule has 2 rings (SSSR count). The second-order valence-corrected chi connectivity index (χ2v) is 7.74. The standard InChI is InChI=1S/C18H27BrN2O/c1-13(2)10-15(11-14-4-3-5-16(19)12-14)18(22)21-8-6-17(20)7-9-21/h3-5,12-13,15,17H,6-11,20H2,1-2H3. The normalized spacial score (nSPS) is 17.8. The summed E-state index contributed by atoms with van der Waals surface area (Å²) in [5, 5.41) is 0. The molecule has 4 heteroatoms. The Kier molecular flexibility index (Phi) is 6.45. The molecule has 1 saturated heterocycles. The number of carbonyl (C=O) groups excluding carboxylic acids is 1. The van der Waals surface area contributed by atoms with Crippen LogP contribution in [0.2, 0.25) is 0 Å². The van der Waals surface area contributed by atoms with E-state index >= 15 is 0 Å². The first-order valence-corrected chi connectivity index (χ1v) is 9.04. The van der Waals surface area contributed by atoms with E-state index in [0.717, 1.165) is 43.2 Å². The lowest BCUT2D eigenvalue weighted by Crippen LogP contribution is -2.45. The Bertz CT molecular complexity index is 496. The molecule has 3 nitrogen and oxygen atoms in total. The molecule has 0 radical (unpaired) electrons. The van der Waals surface area contributed by atoms with E-state index in [1.807, 2.05) is 17.0 Å². The Morgan fingerprint density at radius 2 is 2.05 bits per heavy atom. The summed E-state index contributed by atoms with van der Waals surface area (Å²) in [6, 6.07) is 8.55. The van der Waals surface area contributed by atoms with Gasteiger partial charge in [0, 0.05) is 29.5 Å². The van der Waals surface area contributed by atoms with Gasteiger partial charge in [0.1, 0.15) is 0 Å². The maximum atomic E-state index is 12.9. The van der Waals surface area contributed by atoms with Crippen molar-refractivity contribution in [1.29, 1.82) is 0 Å². The molecule has 0 aromatic heterocycles. The zero-order chi connectivity index (χ0) is 16.1. The Balaban J connectivity index is 2.06. The van der Waals surface area contributed by atoms with Gasteiger partial charge in [-0.15, -0.1) is 0 Å². The second kappa shape index (κ2) is 8.11. The van der Waals surface area contributed by atoms with Gasteiger partial charge in [-0.1, -0.05) is 41.9 Å². The van der Waals surface area contributed by atoms with Crippen LogP contribution in [0.1, 0.15) is 38.7 Å². The van der Waals surface area contributed by atoms with Gasteiger partial charge in [0.2, 0.25) is 5.91 Å². The fraction of sp³-hybridized carbons (Fsp3) is 0.611. The second-order valence-electron chi connectivity index (χ2n) is 6.82. The monoisotopic (exact) mass is 366 g/mol. The van der Waals surface area contributed by atoms with Crippen molar-refractivity contribution in [2.45, 2.75) is 45.6 Å². The molecule has 0 spiro atoms. The van der Waals surface area contributed by atoms with Crippen LogP contribution in [-0.4, -0.2) is 29.9 Å². The predicted octanol–water partition coefficient (Wildman–Crippen LogP) is 3.60.